The van der Waals surface area contributed by atoms with E-state index < -0.39 is 11.7 Å². The van der Waals surface area contributed by atoms with Gasteiger partial charge in [-0.2, -0.15) is 23.3 Å². The van der Waals surface area contributed by atoms with Gasteiger partial charge in [-0.1, -0.05) is 12.1 Å². The van der Waals surface area contributed by atoms with E-state index in [1.165, 1.54) is 24.4 Å². The van der Waals surface area contributed by atoms with E-state index in [0.717, 1.165) is 17.4 Å². The van der Waals surface area contributed by atoms with Crippen LogP contribution in [-0.2, 0) is 6.18 Å². The predicted molar refractivity (Wildman–Crippen MR) is 98.6 cm³/mol. The number of rotatable bonds is 5. The third-order valence-electron chi connectivity index (χ3n) is 3.69. The Kier molecular flexibility index (Phi) is 5.11. The predicted octanol–water partition coefficient (Wildman–Crippen LogP) is 4.44. The Morgan fingerprint density at radius 3 is 2.30 bits per heavy atom. The van der Waals surface area contributed by atoms with Gasteiger partial charge in [0.15, 0.2) is 5.82 Å². The van der Waals surface area contributed by atoms with Crippen LogP contribution in [0.3, 0.4) is 0 Å². The second-order valence-corrected chi connectivity index (χ2v) is 5.90. The average molecular weight is 374 g/mol. The fourth-order valence-electron chi connectivity index (χ4n) is 2.37. The highest BCUT2D eigenvalue weighted by Crippen LogP contribution is 2.35. The molecule has 0 aliphatic heterocycles. The van der Waals surface area contributed by atoms with Crippen molar-refractivity contribution in [3.05, 3.63) is 60.3 Å². The zero-order valence-electron chi connectivity index (χ0n) is 14.6. The van der Waals surface area contributed by atoms with E-state index in [0.29, 0.717) is 0 Å². The van der Waals surface area contributed by atoms with E-state index in [4.69, 9.17) is 0 Å². The van der Waals surface area contributed by atoms with Crippen molar-refractivity contribution in [2.75, 3.05) is 29.6 Å². The summed E-state index contributed by atoms with van der Waals surface area (Å²) in [6, 6.07) is 12.7. The summed E-state index contributed by atoms with van der Waals surface area (Å²) < 4.78 is 39.3. The number of benzene rings is 2. The van der Waals surface area contributed by atoms with Crippen LogP contribution in [0.4, 0.5) is 42.0 Å². The molecule has 0 saturated heterocycles. The molecule has 27 heavy (non-hydrogen) atoms. The fourth-order valence-corrected chi connectivity index (χ4v) is 2.37. The first kappa shape index (κ1) is 18.4. The zero-order valence-corrected chi connectivity index (χ0v) is 14.6. The molecule has 0 radical (unpaired) electrons. The number of halogens is 3. The summed E-state index contributed by atoms with van der Waals surface area (Å²) in [4.78, 5) is 6.13. The summed E-state index contributed by atoms with van der Waals surface area (Å²) in [6.07, 6.45) is -3.22. The largest absolute Gasteiger partial charge is 0.418 e. The number of aromatic nitrogens is 3. The van der Waals surface area contributed by atoms with E-state index >= 15 is 0 Å². The molecule has 0 saturated carbocycles. The molecule has 0 unspecified atom stereocenters. The molecule has 9 heteroatoms. The Morgan fingerprint density at radius 2 is 1.63 bits per heavy atom. The summed E-state index contributed by atoms with van der Waals surface area (Å²) in [5.74, 6) is 0.316. The van der Waals surface area contributed by atoms with Crippen molar-refractivity contribution < 1.29 is 13.2 Å². The van der Waals surface area contributed by atoms with Gasteiger partial charge in [0.05, 0.1) is 17.4 Å². The van der Waals surface area contributed by atoms with Crippen LogP contribution in [0.5, 0.6) is 0 Å². The molecule has 0 spiro atoms. The molecule has 0 amide bonds. The molecule has 140 valence electrons. The minimum atomic E-state index is -4.47. The van der Waals surface area contributed by atoms with Crippen molar-refractivity contribution in [3.8, 4) is 0 Å². The van der Waals surface area contributed by atoms with Crippen molar-refractivity contribution in [2.45, 2.75) is 6.18 Å². The minimum absolute atomic E-state index is 0.105. The highest BCUT2D eigenvalue weighted by molar-refractivity contribution is 5.63. The van der Waals surface area contributed by atoms with Gasteiger partial charge in [0.25, 0.3) is 0 Å². The lowest BCUT2D eigenvalue weighted by Gasteiger charge is -2.14. The Hall–Kier alpha value is -3.36. The molecule has 0 bridgehead atoms. The lowest BCUT2D eigenvalue weighted by atomic mass is 10.1. The fraction of sp³-hybridized carbons (Fsp3) is 0.167. The van der Waals surface area contributed by atoms with Gasteiger partial charge in [-0.3, -0.25) is 0 Å². The van der Waals surface area contributed by atoms with Gasteiger partial charge in [0.1, 0.15) is 0 Å². The van der Waals surface area contributed by atoms with Gasteiger partial charge in [0, 0.05) is 25.5 Å². The van der Waals surface area contributed by atoms with Crippen molar-refractivity contribution in [2.24, 2.45) is 0 Å². The van der Waals surface area contributed by atoms with Crippen LogP contribution in [0.15, 0.2) is 54.7 Å². The Labute approximate surface area is 154 Å². The quantitative estimate of drug-likeness (QED) is 0.688. The number of nitrogens with one attached hydrogen (secondary N) is 2. The van der Waals surface area contributed by atoms with Gasteiger partial charge in [-0.25, -0.2) is 0 Å². The van der Waals surface area contributed by atoms with Crippen molar-refractivity contribution >= 4 is 28.8 Å². The van der Waals surface area contributed by atoms with Crippen LogP contribution < -0.4 is 15.5 Å². The average Bonchev–Trinajstić information content (AvgIpc) is 2.62. The molecule has 2 aromatic carbocycles. The van der Waals surface area contributed by atoms with Crippen LogP contribution >= 0.6 is 0 Å². The van der Waals surface area contributed by atoms with E-state index in [-0.39, 0.29) is 17.5 Å². The second-order valence-electron chi connectivity index (χ2n) is 5.90. The zero-order chi connectivity index (χ0) is 19.4. The van der Waals surface area contributed by atoms with Crippen molar-refractivity contribution in [3.63, 3.8) is 0 Å². The minimum Gasteiger partial charge on any atom is -0.378 e. The van der Waals surface area contributed by atoms with Gasteiger partial charge in [-0.15, -0.1) is 5.10 Å². The second kappa shape index (κ2) is 7.48. The van der Waals surface area contributed by atoms with E-state index in [1.807, 2.05) is 43.3 Å². The van der Waals surface area contributed by atoms with Gasteiger partial charge < -0.3 is 15.5 Å². The summed E-state index contributed by atoms with van der Waals surface area (Å²) in [6.45, 7) is 0. The monoisotopic (exact) mass is 374 g/mol. The Bertz CT molecular complexity index is 909. The molecule has 3 aromatic rings. The van der Waals surface area contributed by atoms with Crippen molar-refractivity contribution in [1.29, 1.82) is 0 Å². The maximum absolute atomic E-state index is 13.1. The molecule has 6 nitrogen and oxygen atoms in total. The number of hydrogen-bond acceptors (Lipinski definition) is 6. The third kappa shape index (κ3) is 4.63. The molecular formula is C18H17F3N6. The van der Waals surface area contributed by atoms with Gasteiger partial charge in [0.2, 0.25) is 5.95 Å². The maximum atomic E-state index is 13.1. The van der Waals surface area contributed by atoms with Crippen LogP contribution in [-0.4, -0.2) is 29.3 Å². The molecule has 1 aromatic heterocycles. The Balaban J connectivity index is 1.79. The SMILES string of the molecule is CN(C)c1ccc(Nc2nncc(Nc3ccccc3C(F)(F)F)n2)cc1. The molecular weight excluding hydrogens is 357 g/mol. The van der Waals surface area contributed by atoms with E-state index in [2.05, 4.69) is 25.8 Å². The van der Waals surface area contributed by atoms with Crippen LogP contribution in [0.1, 0.15) is 5.56 Å². The highest BCUT2D eigenvalue weighted by atomic mass is 19.4. The lowest BCUT2D eigenvalue weighted by molar-refractivity contribution is -0.136. The Morgan fingerprint density at radius 1 is 0.926 bits per heavy atom. The topological polar surface area (TPSA) is 66.0 Å². The van der Waals surface area contributed by atoms with Crippen LogP contribution in [0.2, 0.25) is 0 Å². The number of anilines is 5. The molecule has 2 N–H and O–H groups in total. The van der Waals surface area contributed by atoms with E-state index in [9.17, 15) is 13.2 Å². The first-order chi connectivity index (χ1) is 12.8. The third-order valence-corrected chi connectivity index (χ3v) is 3.69. The number of hydrogen-bond donors (Lipinski definition) is 2. The smallest absolute Gasteiger partial charge is 0.378 e. The first-order valence-electron chi connectivity index (χ1n) is 8.00. The normalized spacial score (nSPS) is 11.1. The summed E-state index contributed by atoms with van der Waals surface area (Å²) in [5, 5.41) is 13.3. The molecule has 3 rings (SSSR count). The van der Waals surface area contributed by atoms with Gasteiger partial charge >= 0.3 is 6.18 Å². The number of alkyl halides is 3. The van der Waals surface area contributed by atoms with Gasteiger partial charge in [-0.05, 0) is 36.4 Å². The molecule has 0 aliphatic rings. The number of nitrogens with zero attached hydrogens (tertiary/aromatic N) is 4. The molecule has 0 aliphatic carbocycles. The molecule has 1 heterocycles. The van der Waals surface area contributed by atoms with E-state index in [1.54, 1.807) is 0 Å². The summed E-state index contributed by atoms with van der Waals surface area (Å²) in [7, 11) is 3.87. The standard InChI is InChI=1S/C18H17F3N6/c1-27(2)13-9-7-12(8-10-13)23-17-25-16(11-22-26-17)24-15-6-4-3-5-14(15)18(19,20)21/h3-11H,1-2H3,(H2,23,24,25,26). The number of para-hydroxylation sites is 1. The molecule has 0 atom stereocenters. The maximum Gasteiger partial charge on any atom is 0.418 e. The van der Waals surface area contributed by atoms with Crippen LogP contribution in [0.25, 0.3) is 0 Å². The highest BCUT2D eigenvalue weighted by Gasteiger charge is 2.33. The van der Waals surface area contributed by atoms with Crippen LogP contribution in [0, 0.1) is 0 Å². The lowest BCUT2D eigenvalue weighted by Crippen LogP contribution is -2.10. The first-order valence-corrected chi connectivity index (χ1v) is 8.00. The summed E-state index contributed by atoms with van der Waals surface area (Å²) >= 11 is 0. The van der Waals surface area contributed by atoms with Crippen molar-refractivity contribution in [1.82, 2.24) is 15.2 Å². The molecule has 0 fully saturated rings. The summed E-state index contributed by atoms with van der Waals surface area (Å²) in [5.41, 5.74) is 0.873.